The van der Waals surface area contributed by atoms with Gasteiger partial charge in [0.1, 0.15) is 12.1 Å². The third kappa shape index (κ3) is 7.98. The molecule has 0 saturated heterocycles. The topological polar surface area (TPSA) is 130 Å². The number of carbonyl (C=O) groups is 3. The highest BCUT2D eigenvalue weighted by Crippen LogP contribution is 2.25. The zero-order valence-corrected chi connectivity index (χ0v) is 22.4. The molecule has 1 aromatic carbocycles. The zero-order valence-electron chi connectivity index (χ0n) is 21.6. The molecule has 0 aliphatic heterocycles. The Morgan fingerprint density at radius 3 is 2.40 bits per heavy atom. The first-order chi connectivity index (χ1) is 16.4. The molecule has 1 heterocycles. The highest BCUT2D eigenvalue weighted by atomic mass is 32.1. The molecular formula is C25H38N4O5S. The molecule has 2 aromatic rings. The van der Waals surface area contributed by atoms with Crippen LogP contribution in [0.4, 0.5) is 0 Å². The van der Waals surface area contributed by atoms with Crippen molar-refractivity contribution in [2.24, 2.45) is 17.3 Å². The second-order valence-corrected chi connectivity index (χ2v) is 11.4. The lowest BCUT2D eigenvalue weighted by Gasteiger charge is -2.33. The summed E-state index contributed by atoms with van der Waals surface area (Å²) >= 11 is 1.62. The molecule has 0 spiro atoms. The van der Waals surface area contributed by atoms with Crippen molar-refractivity contribution >= 4 is 39.3 Å². The van der Waals surface area contributed by atoms with Crippen LogP contribution in [0.1, 0.15) is 51.6 Å². The number of benzene rings is 1. The van der Waals surface area contributed by atoms with E-state index in [1.54, 1.807) is 16.8 Å². The van der Waals surface area contributed by atoms with Crippen molar-refractivity contribution in [3.8, 4) is 0 Å². The van der Waals surface area contributed by atoms with Gasteiger partial charge in [-0.2, -0.15) is 0 Å². The molecule has 0 unspecified atom stereocenters. The summed E-state index contributed by atoms with van der Waals surface area (Å²) in [7, 11) is 1.51. The van der Waals surface area contributed by atoms with Gasteiger partial charge in [-0.15, -0.1) is 11.3 Å². The number of aromatic nitrogens is 1. The van der Waals surface area contributed by atoms with Crippen molar-refractivity contribution in [3.05, 3.63) is 28.8 Å². The fourth-order valence-corrected chi connectivity index (χ4v) is 4.74. The van der Waals surface area contributed by atoms with Crippen LogP contribution in [0.2, 0.25) is 0 Å². The summed E-state index contributed by atoms with van der Waals surface area (Å²) in [6.07, 6.45) is -0.392. The van der Waals surface area contributed by atoms with E-state index in [9.17, 15) is 19.6 Å². The number of likely N-dealkylation sites (N-methyl/N-ethyl adjacent to an activating group) is 1. The van der Waals surface area contributed by atoms with Gasteiger partial charge in [0.25, 0.3) is 5.91 Å². The molecule has 3 atom stereocenters. The Morgan fingerprint density at radius 2 is 1.83 bits per heavy atom. The molecule has 0 saturated carbocycles. The Hall–Kier alpha value is -2.56. The highest BCUT2D eigenvalue weighted by Gasteiger charge is 2.39. The second-order valence-electron chi connectivity index (χ2n) is 10.2. The van der Waals surface area contributed by atoms with Gasteiger partial charge in [-0.25, -0.2) is 10.5 Å². The number of carbonyl (C=O) groups excluding carboxylic acids is 3. The first-order valence-electron chi connectivity index (χ1n) is 11.8. The van der Waals surface area contributed by atoms with E-state index in [2.05, 4.69) is 15.6 Å². The smallest absolute Gasteiger partial charge is 0.273 e. The Balaban J connectivity index is 2.21. The molecule has 194 valence electrons. The van der Waals surface area contributed by atoms with Gasteiger partial charge in [-0.3, -0.25) is 19.6 Å². The van der Waals surface area contributed by atoms with Crippen LogP contribution >= 0.6 is 11.3 Å². The number of ether oxygens (including phenoxy) is 1. The minimum Gasteiger partial charge on any atom is -0.367 e. The van der Waals surface area contributed by atoms with Crippen LogP contribution < -0.4 is 16.1 Å². The number of amides is 3. The number of aryl methyl sites for hydroxylation is 1. The number of hydrogen-bond acceptors (Lipinski definition) is 7. The molecule has 3 amide bonds. The molecule has 2 rings (SSSR count). The number of hydrogen-bond donors (Lipinski definition) is 4. The SMILES string of the molecule is CNC(=O)[C@@H](NC(=O)[C@H](CC(C)C)[C@H](OCCc1ccc2sc(C)nc2c1)C(=O)NO)C(C)(C)C. The van der Waals surface area contributed by atoms with Crippen LogP contribution in [0.15, 0.2) is 18.2 Å². The van der Waals surface area contributed by atoms with E-state index in [1.807, 2.05) is 59.7 Å². The quantitative estimate of drug-likeness (QED) is 0.274. The van der Waals surface area contributed by atoms with Crippen molar-refractivity contribution in [2.45, 2.75) is 66.5 Å². The van der Waals surface area contributed by atoms with E-state index in [0.717, 1.165) is 20.8 Å². The lowest BCUT2D eigenvalue weighted by atomic mass is 9.84. The number of nitrogens with one attached hydrogen (secondary N) is 3. The number of hydroxylamine groups is 1. The molecule has 9 nitrogen and oxygen atoms in total. The third-order valence-electron chi connectivity index (χ3n) is 5.70. The lowest BCUT2D eigenvalue weighted by molar-refractivity contribution is -0.152. The van der Waals surface area contributed by atoms with E-state index in [-0.39, 0.29) is 18.4 Å². The number of fused-ring (bicyclic) bond motifs is 1. The number of thiazole rings is 1. The normalized spacial score (nSPS) is 14.4. The van der Waals surface area contributed by atoms with Crippen molar-refractivity contribution < 1.29 is 24.3 Å². The fourth-order valence-electron chi connectivity index (χ4n) is 3.93. The van der Waals surface area contributed by atoms with Crippen LogP contribution in [0.5, 0.6) is 0 Å². The van der Waals surface area contributed by atoms with Gasteiger partial charge >= 0.3 is 0 Å². The maximum Gasteiger partial charge on any atom is 0.273 e. The molecule has 0 bridgehead atoms. The van der Waals surface area contributed by atoms with Crippen molar-refractivity contribution in [3.63, 3.8) is 0 Å². The highest BCUT2D eigenvalue weighted by molar-refractivity contribution is 7.18. The molecule has 10 heteroatoms. The van der Waals surface area contributed by atoms with Crippen LogP contribution in [0.3, 0.4) is 0 Å². The first-order valence-corrected chi connectivity index (χ1v) is 12.6. The van der Waals surface area contributed by atoms with Crippen LogP contribution in [0, 0.1) is 24.2 Å². The van der Waals surface area contributed by atoms with Gasteiger partial charge in [-0.05, 0) is 48.8 Å². The van der Waals surface area contributed by atoms with Gasteiger partial charge in [0.2, 0.25) is 11.8 Å². The van der Waals surface area contributed by atoms with Gasteiger partial charge in [-0.1, -0.05) is 40.7 Å². The number of rotatable bonds is 11. The predicted molar refractivity (Wildman–Crippen MR) is 136 cm³/mol. The summed E-state index contributed by atoms with van der Waals surface area (Å²) < 4.78 is 7.00. The van der Waals surface area contributed by atoms with E-state index in [4.69, 9.17) is 4.74 Å². The van der Waals surface area contributed by atoms with Crippen molar-refractivity contribution in [1.82, 2.24) is 21.1 Å². The molecule has 1 aromatic heterocycles. The molecule has 35 heavy (non-hydrogen) atoms. The van der Waals surface area contributed by atoms with E-state index < -0.39 is 35.3 Å². The fraction of sp³-hybridized carbons (Fsp3) is 0.600. The largest absolute Gasteiger partial charge is 0.367 e. The van der Waals surface area contributed by atoms with Crippen molar-refractivity contribution in [1.29, 1.82) is 0 Å². The van der Waals surface area contributed by atoms with Crippen LogP contribution in [0.25, 0.3) is 10.2 Å². The van der Waals surface area contributed by atoms with Crippen LogP contribution in [-0.4, -0.2) is 53.7 Å². The molecule has 4 N–H and O–H groups in total. The molecular weight excluding hydrogens is 468 g/mol. The van der Waals surface area contributed by atoms with E-state index in [1.165, 1.54) is 7.05 Å². The predicted octanol–water partition coefficient (Wildman–Crippen LogP) is 2.98. The lowest BCUT2D eigenvalue weighted by Crippen LogP contribution is -2.56. The Kier molecular flexibility index (Phi) is 10.2. The van der Waals surface area contributed by atoms with E-state index in [0.29, 0.717) is 12.8 Å². The minimum absolute atomic E-state index is 0.0618. The van der Waals surface area contributed by atoms with Gasteiger partial charge in [0.15, 0.2) is 0 Å². The van der Waals surface area contributed by atoms with Crippen molar-refractivity contribution in [2.75, 3.05) is 13.7 Å². The first kappa shape index (κ1) is 28.7. The summed E-state index contributed by atoms with van der Waals surface area (Å²) in [6.45, 7) is 11.5. The standard InChI is InChI=1S/C25H38N4O5S/c1-14(2)12-17(22(30)28-21(24(32)26-7)25(4,5)6)20(23(31)29-33)34-11-10-16-8-9-19-18(13-16)27-15(3)35-19/h8-9,13-14,17,20-21,33H,10-12H2,1-7H3,(H,26,32)(H,28,30)(H,29,31)/t17-,20+,21-/m1/s1. The summed E-state index contributed by atoms with van der Waals surface area (Å²) in [6, 6.07) is 5.17. The molecule has 0 aliphatic rings. The zero-order chi connectivity index (χ0) is 26.3. The average molecular weight is 507 g/mol. The van der Waals surface area contributed by atoms with Gasteiger partial charge in [0.05, 0.1) is 27.7 Å². The summed E-state index contributed by atoms with van der Waals surface area (Å²) in [5.74, 6) is -2.45. The Morgan fingerprint density at radius 1 is 1.14 bits per heavy atom. The third-order valence-corrected chi connectivity index (χ3v) is 6.66. The summed E-state index contributed by atoms with van der Waals surface area (Å²) in [4.78, 5) is 42.9. The summed E-state index contributed by atoms with van der Waals surface area (Å²) in [5.41, 5.74) is 2.98. The maximum absolute atomic E-state index is 13.4. The van der Waals surface area contributed by atoms with Gasteiger partial charge in [0, 0.05) is 7.05 Å². The second kappa shape index (κ2) is 12.4. The Bertz CT molecular complexity index is 1030. The van der Waals surface area contributed by atoms with Gasteiger partial charge < -0.3 is 15.4 Å². The minimum atomic E-state index is -1.22. The molecule has 0 fully saturated rings. The number of nitrogens with zero attached hydrogens (tertiary/aromatic N) is 1. The molecule has 0 aliphatic carbocycles. The Labute approximate surface area is 211 Å². The summed E-state index contributed by atoms with van der Waals surface area (Å²) in [5, 5.41) is 15.7. The van der Waals surface area contributed by atoms with E-state index >= 15 is 0 Å². The van der Waals surface area contributed by atoms with Crippen LogP contribution in [-0.2, 0) is 25.5 Å². The molecule has 0 radical (unpaired) electrons. The maximum atomic E-state index is 13.4. The average Bonchev–Trinajstić information content (AvgIpc) is 3.16. The monoisotopic (exact) mass is 506 g/mol.